The topological polar surface area (TPSA) is 38.2 Å². The number of hydrogen-bond acceptors (Lipinski definition) is 2. The maximum absolute atomic E-state index is 3.77. The minimum Gasteiger partial charge on any atom is -0.378 e. The molecule has 2 aromatic rings. The summed E-state index contributed by atoms with van der Waals surface area (Å²) in [6, 6.07) is 14.0. The van der Waals surface area contributed by atoms with Gasteiger partial charge in [-0.15, -0.1) is 0 Å². The Bertz CT molecular complexity index is 645. The Kier molecular flexibility index (Phi) is 4.85. The number of aryl methyl sites for hydroxylation is 3. The van der Waals surface area contributed by atoms with E-state index < -0.39 is 0 Å². The van der Waals surface area contributed by atoms with Gasteiger partial charge in [0.15, 0.2) is 0 Å². The highest BCUT2D eigenvalue weighted by Crippen LogP contribution is 2.25. The summed E-state index contributed by atoms with van der Waals surface area (Å²) in [6.45, 7) is 6.42. The van der Waals surface area contributed by atoms with Gasteiger partial charge < -0.3 is 5.32 Å². The van der Waals surface area contributed by atoms with Crippen LogP contribution in [0.5, 0.6) is 0 Å². The summed E-state index contributed by atoms with van der Waals surface area (Å²) in [5.74, 6) is 1.11. The highest BCUT2D eigenvalue weighted by atomic mass is 15.1. The minimum absolute atomic E-state index is 0.461. The molecule has 0 radical (unpaired) electrons. The lowest BCUT2D eigenvalue weighted by atomic mass is 9.90. The largest absolute Gasteiger partial charge is 0.378 e. The molecule has 0 spiro atoms. The third-order valence-corrected chi connectivity index (χ3v) is 4.62. The van der Waals surface area contributed by atoms with Crippen LogP contribution in [0.3, 0.4) is 0 Å². The molecule has 1 saturated carbocycles. The first-order valence-electron chi connectivity index (χ1n) is 8.70. The van der Waals surface area contributed by atoms with E-state index >= 15 is 0 Å². The van der Waals surface area contributed by atoms with Gasteiger partial charge in [0.1, 0.15) is 6.04 Å². The molecule has 1 aliphatic carbocycles. The lowest BCUT2D eigenvalue weighted by Gasteiger charge is -2.31. The van der Waals surface area contributed by atoms with E-state index in [9.17, 15) is 0 Å². The van der Waals surface area contributed by atoms with Crippen LogP contribution in [-0.2, 0) is 0 Å². The maximum atomic E-state index is 3.77. The normalized spacial score (nSPS) is 21.0. The summed E-state index contributed by atoms with van der Waals surface area (Å²) in [5, 5.41) is 7.47. The monoisotopic (exact) mass is 310 g/mol. The predicted molar refractivity (Wildman–Crippen MR) is 96.9 cm³/mol. The Morgan fingerprint density at radius 2 is 1.52 bits per heavy atom. The molecule has 1 heterocycles. The van der Waals surface area contributed by atoms with E-state index in [1.165, 1.54) is 48.2 Å². The number of benzene rings is 1. The van der Waals surface area contributed by atoms with Gasteiger partial charge in [0, 0.05) is 11.8 Å². The molecule has 122 valence electrons. The Morgan fingerprint density at radius 3 is 2.17 bits per heavy atom. The van der Waals surface area contributed by atoms with Gasteiger partial charge in [-0.25, -0.2) is 4.98 Å². The predicted octanol–water partition coefficient (Wildman–Crippen LogP) is 4.26. The number of aromatic amines is 1. The molecule has 0 aliphatic heterocycles. The van der Waals surface area contributed by atoms with Crippen molar-refractivity contribution in [2.24, 2.45) is 0 Å². The molecule has 1 aliphatic rings. The number of nitrogens with one attached hydrogen (secondary N) is 3. The molecule has 3 heteroatoms. The fourth-order valence-corrected chi connectivity index (χ4v) is 3.62. The van der Waals surface area contributed by atoms with E-state index in [2.05, 4.69) is 72.8 Å². The van der Waals surface area contributed by atoms with Gasteiger partial charge in [-0.3, -0.25) is 5.32 Å². The van der Waals surface area contributed by atoms with Gasteiger partial charge in [0.25, 0.3) is 5.82 Å². The molecule has 0 unspecified atom stereocenters. The van der Waals surface area contributed by atoms with E-state index in [0.29, 0.717) is 12.1 Å². The smallest absolute Gasteiger partial charge is 0.272 e. The molecule has 1 fully saturated rings. The molecule has 3 N–H and O–H groups in total. The third kappa shape index (κ3) is 4.25. The summed E-state index contributed by atoms with van der Waals surface area (Å²) in [6.07, 6.45) is 5.04. The van der Waals surface area contributed by atoms with E-state index in [-0.39, 0.29) is 0 Å². The van der Waals surface area contributed by atoms with E-state index in [4.69, 9.17) is 0 Å². The molecule has 1 aromatic carbocycles. The van der Waals surface area contributed by atoms with Crippen molar-refractivity contribution >= 4 is 11.5 Å². The van der Waals surface area contributed by atoms with Crippen LogP contribution in [0.1, 0.15) is 42.5 Å². The van der Waals surface area contributed by atoms with Gasteiger partial charge in [0.2, 0.25) is 0 Å². The van der Waals surface area contributed by atoms with Gasteiger partial charge in [0.05, 0.1) is 11.7 Å². The summed E-state index contributed by atoms with van der Waals surface area (Å²) >= 11 is 0. The number of rotatable bonds is 4. The zero-order valence-electron chi connectivity index (χ0n) is 14.4. The number of hydrogen-bond donors (Lipinski definition) is 2. The van der Waals surface area contributed by atoms with Gasteiger partial charge >= 0.3 is 0 Å². The van der Waals surface area contributed by atoms with Crippen LogP contribution in [0.2, 0.25) is 0 Å². The molecule has 0 saturated heterocycles. The lowest BCUT2D eigenvalue weighted by Crippen LogP contribution is -2.43. The van der Waals surface area contributed by atoms with Crippen molar-refractivity contribution in [3.8, 4) is 0 Å². The molecule has 2 atom stereocenters. The van der Waals surface area contributed by atoms with Crippen molar-refractivity contribution < 1.29 is 4.98 Å². The number of pyridine rings is 1. The molecule has 0 amide bonds. The van der Waals surface area contributed by atoms with Gasteiger partial charge in [-0.05, 0) is 69.4 Å². The van der Waals surface area contributed by atoms with Crippen molar-refractivity contribution in [3.05, 3.63) is 53.2 Å². The Balaban J connectivity index is 1.73. The van der Waals surface area contributed by atoms with Crippen molar-refractivity contribution in [1.82, 2.24) is 0 Å². The van der Waals surface area contributed by atoms with Crippen LogP contribution in [0.25, 0.3) is 0 Å². The quantitative estimate of drug-likeness (QED) is 0.885. The van der Waals surface area contributed by atoms with E-state index in [0.717, 1.165) is 5.82 Å². The van der Waals surface area contributed by atoms with Crippen LogP contribution in [0.4, 0.5) is 11.5 Å². The van der Waals surface area contributed by atoms with Gasteiger partial charge in [-0.2, -0.15) is 0 Å². The molecule has 0 bridgehead atoms. The molecule has 23 heavy (non-hydrogen) atoms. The minimum atomic E-state index is 0.461. The lowest BCUT2D eigenvalue weighted by molar-refractivity contribution is -0.371. The number of H-pyrrole nitrogens is 1. The molecule has 3 nitrogen and oxygen atoms in total. The first kappa shape index (κ1) is 15.9. The molecule has 1 aromatic heterocycles. The van der Waals surface area contributed by atoms with E-state index in [1.807, 2.05) is 0 Å². The van der Waals surface area contributed by atoms with Crippen LogP contribution in [0.15, 0.2) is 36.4 Å². The Morgan fingerprint density at radius 1 is 0.870 bits per heavy atom. The second-order valence-corrected chi connectivity index (χ2v) is 6.91. The molecule has 3 rings (SSSR count). The maximum Gasteiger partial charge on any atom is 0.272 e. The first-order valence-corrected chi connectivity index (χ1v) is 8.70. The number of aromatic nitrogens is 1. The second-order valence-electron chi connectivity index (χ2n) is 6.91. The fourth-order valence-electron chi connectivity index (χ4n) is 3.62. The summed E-state index contributed by atoms with van der Waals surface area (Å²) in [4.78, 5) is 3.42. The first-order chi connectivity index (χ1) is 11.1. The average molecular weight is 310 g/mol. The summed E-state index contributed by atoms with van der Waals surface area (Å²) in [7, 11) is 0. The van der Waals surface area contributed by atoms with Crippen molar-refractivity contribution in [2.75, 3.05) is 10.6 Å². The number of anilines is 2. The van der Waals surface area contributed by atoms with Crippen molar-refractivity contribution in [2.45, 2.75) is 58.5 Å². The van der Waals surface area contributed by atoms with Crippen LogP contribution < -0.4 is 15.6 Å². The molecular formula is C20H28N3+. The highest BCUT2D eigenvalue weighted by molar-refractivity contribution is 5.50. The molecular weight excluding hydrogens is 282 g/mol. The second kappa shape index (κ2) is 7.03. The van der Waals surface area contributed by atoms with Crippen LogP contribution in [-0.4, -0.2) is 12.1 Å². The average Bonchev–Trinajstić information content (AvgIpc) is 2.48. The zero-order chi connectivity index (χ0) is 16.2. The summed E-state index contributed by atoms with van der Waals surface area (Å²) in [5.41, 5.74) is 5.07. The Hall–Kier alpha value is -2.03. The van der Waals surface area contributed by atoms with Crippen molar-refractivity contribution in [1.29, 1.82) is 0 Å². The fraction of sp³-hybridized carbons (Fsp3) is 0.450. The standard InChI is InChI=1S/C20H27N3/c1-14-11-15(2)13-17(12-14)22-18-8-4-5-9-19(18)23-20-10-6-7-16(3)21-20/h6-7,10-13,18-19,22H,4-5,8-9H2,1-3H3,(H,21,23)/p+1/t18-,19-/m1/s1. The summed E-state index contributed by atoms with van der Waals surface area (Å²) < 4.78 is 0. The van der Waals surface area contributed by atoms with E-state index in [1.54, 1.807) is 0 Å². The third-order valence-electron chi connectivity index (χ3n) is 4.62. The van der Waals surface area contributed by atoms with Crippen LogP contribution in [0, 0.1) is 20.8 Å². The SMILES string of the molecule is Cc1cc(C)cc(N[C@@H]2CCCC[C@H]2Nc2cccc(C)[nH+]2)c1. The zero-order valence-corrected chi connectivity index (χ0v) is 14.4. The van der Waals surface area contributed by atoms with Crippen molar-refractivity contribution in [3.63, 3.8) is 0 Å². The Labute approximate surface area is 139 Å². The highest BCUT2D eigenvalue weighted by Gasteiger charge is 2.28. The van der Waals surface area contributed by atoms with Crippen LogP contribution >= 0.6 is 0 Å². The van der Waals surface area contributed by atoms with Gasteiger partial charge in [-0.1, -0.05) is 18.6 Å².